The van der Waals surface area contributed by atoms with Crippen molar-refractivity contribution in [3.63, 3.8) is 0 Å². The fourth-order valence-electron chi connectivity index (χ4n) is 4.12. The summed E-state index contributed by atoms with van der Waals surface area (Å²) >= 11 is 0. The fourth-order valence-corrected chi connectivity index (χ4v) is 4.12. The highest BCUT2D eigenvalue weighted by Gasteiger charge is 2.41. The molecule has 25 heavy (non-hydrogen) atoms. The molecule has 6 nitrogen and oxygen atoms in total. The summed E-state index contributed by atoms with van der Waals surface area (Å²) < 4.78 is 0. The van der Waals surface area contributed by atoms with E-state index in [0.29, 0.717) is 24.8 Å². The van der Waals surface area contributed by atoms with Crippen molar-refractivity contribution >= 4 is 5.91 Å². The molecule has 6 heteroatoms. The Hall–Kier alpha value is -2.50. The normalized spacial score (nSPS) is 21.8. The van der Waals surface area contributed by atoms with Crippen LogP contribution in [0.3, 0.4) is 0 Å². The number of pyridine rings is 1. The van der Waals surface area contributed by atoms with Gasteiger partial charge in [0.15, 0.2) is 0 Å². The van der Waals surface area contributed by atoms with E-state index >= 15 is 0 Å². The van der Waals surface area contributed by atoms with Gasteiger partial charge in [0.05, 0.1) is 11.3 Å². The van der Waals surface area contributed by atoms with Crippen molar-refractivity contribution in [2.24, 2.45) is 0 Å². The van der Waals surface area contributed by atoms with Crippen molar-refractivity contribution in [3.8, 4) is 0 Å². The molecule has 1 amide bonds. The molecule has 4 heterocycles. The van der Waals surface area contributed by atoms with Crippen molar-refractivity contribution in [2.45, 2.75) is 58.0 Å². The predicted molar refractivity (Wildman–Crippen MR) is 93.6 cm³/mol. The van der Waals surface area contributed by atoms with E-state index in [-0.39, 0.29) is 23.6 Å². The number of aromatic amines is 1. The molecule has 0 saturated carbocycles. The Labute approximate surface area is 146 Å². The third kappa shape index (κ3) is 2.75. The summed E-state index contributed by atoms with van der Waals surface area (Å²) in [5.41, 5.74) is 3.18. The van der Waals surface area contributed by atoms with Crippen molar-refractivity contribution in [3.05, 3.63) is 57.0 Å². The van der Waals surface area contributed by atoms with Gasteiger partial charge in [0.25, 0.3) is 11.5 Å². The Morgan fingerprint density at radius 2 is 2.04 bits per heavy atom. The summed E-state index contributed by atoms with van der Waals surface area (Å²) in [6.45, 7) is 3.92. The second-order valence-electron chi connectivity index (χ2n) is 7.05. The molecule has 2 aromatic heterocycles. The molecule has 130 valence electrons. The Balaban J connectivity index is 1.71. The average molecular weight is 338 g/mol. The maximum atomic E-state index is 13.1. The number of aryl methyl sites for hydroxylation is 2. The van der Waals surface area contributed by atoms with Gasteiger partial charge in [0.1, 0.15) is 5.82 Å². The van der Waals surface area contributed by atoms with E-state index in [2.05, 4.69) is 15.0 Å². The Morgan fingerprint density at radius 3 is 2.76 bits per heavy atom. The number of aromatic nitrogens is 3. The molecule has 0 aliphatic carbocycles. The number of carbonyl (C=O) groups is 1. The van der Waals surface area contributed by atoms with Gasteiger partial charge in [-0.3, -0.25) is 14.6 Å². The van der Waals surface area contributed by atoms with E-state index in [1.165, 1.54) is 0 Å². The topological polar surface area (TPSA) is 79.0 Å². The van der Waals surface area contributed by atoms with Crippen LogP contribution in [0.4, 0.5) is 0 Å². The number of rotatable bonds is 2. The van der Waals surface area contributed by atoms with Crippen molar-refractivity contribution in [1.82, 2.24) is 19.9 Å². The van der Waals surface area contributed by atoms with Crippen LogP contribution in [0.5, 0.6) is 0 Å². The van der Waals surface area contributed by atoms with E-state index in [0.717, 1.165) is 35.5 Å². The largest absolute Gasteiger partial charge is 0.332 e. The van der Waals surface area contributed by atoms with E-state index in [9.17, 15) is 9.59 Å². The number of nitrogens with zero attached hydrogens (tertiary/aromatic N) is 3. The van der Waals surface area contributed by atoms with Crippen LogP contribution in [0.1, 0.15) is 52.8 Å². The van der Waals surface area contributed by atoms with Crippen LogP contribution in [-0.2, 0) is 19.3 Å². The number of nitrogens with one attached hydrogen (secondary N) is 1. The lowest BCUT2D eigenvalue weighted by Crippen LogP contribution is -2.41. The molecule has 1 N–H and O–H groups in total. The Morgan fingerprint density at radius 1 is 1.28 bits per heavy atom. The van der Waals surface area contributed by atoms with Gasteiger partial charge in [-0.1, -0.05) is 6.92 Å². The molecule has 0 radical (unpaired) electrons. The second kappa shape index (κ2) is 6.10. The van der Waals surface area contributed by atoms with Gasteiger partial charge >= 0.3 is 0 Å². The summed E-state index contributed by atoms with van der Waals surface area (Å²) in [6, 6.07) is 2.06. The van der Waals surface area contributed by atoms with Crippen LogP contribution in [0.25, 0.3) is 0 Å². The molecule has 1 saturated heterocycles. The minimum absolute atomic E-state index is 0.0173. The molecular weight excluding hydrogens is 316 g/mol. The van der Waals surface area contributed by atoms with E-state index in [1.54, 1.807) is 12.4 Å². The van der Waals surface area contributed by atoms with Crippen LogP contribution in [0.15, 0.2) is 23.3 Å². The molecule has 2 aliphatic rings. The SMILES string of the molecule is CCc1nc2c(c(=O)[nH]1)C[C@H]1CC[C@@H](C2)N1C(=O)c1cncc(C)c1. The minimum Gasteiger partial charge on any atom is -0.332 e. The number of carbonyl (C=O) groups excluding carboxylic acids is 1. The molecule has 2 aliphatic heterocycles. The van der Waals surface area contributed by atoms with Gasteiger partial charge in [-0.15, -0.1) is 0 Å². The maximum absolute atomic E-state index is 13.1. The van der Waals surface area contributed by atoms with E-state index in [4.69, 9.17) is 0 Å². The zero-order chi connectivity index (χ0) is 17.6. The highest BCUT2D eigenvalue weighted by atomic mass is 16.2. The molecule has 2 atom stereocenters. The molecule has 0 unspecified atom stereocenters. The first-order chi connectivity index (χ1) is 12.1. The summed E-state index contributed by atoms with van der Waals surface area (Å²) in [6.07, 6.45) is 7.23. The van der Waals surface area contributed by atoms with Gasteiger partial charge in [0.2, 0.25) is 0 Å². The molecule has 0 spiro atoms. The van der Waals surface area contributed by atoms with Crippen LogP contribution < -0.4 is 5.56 Å². The van der Waals surface area contributed by atoms with Gasteiger partial charge in [-0.05, 0) is 31.4 Å². The Kier molecular flexibility index (Phi) is 3.90. The second-order valence-corrected chi connectivity index (χ2v) is 7.05. The summed E-state index contributed by atoms with van der Waals surface area (Å²) in [5, 5.41) is 0. The number of amides is 1. The number of hydrogen-bond acceptors (Lipinski definition) is 4. The monoisotopic (exact) mass is 338 g/mol. The first-order valence-electron chi connectivity index (χ1n) is 8.92. The lowest BCUT2D eigenvalue weighted by molar-refractivity contribution is 0.0673. The quantitative estimate of drug-likeness (QED) is 0.906. The third-order valence-corrected chi connectivity index (χ3v) is 5.33. The molecule has 1 fully saturated rings. The van der Waals surface area contributed by atoms with Crippen LogP contribution >= 0.6 is 0 Å². The van der Waals surface area contributed by atoms with Gasteiger partial charge in [-0.25, -0.2) is 4.98 Å². The lowest BCUT2D eigenvalue weighted by Gasteiger charge is -2.28. The zero-order valence-electron chi connectivity index (χ0n) is 14.6. The molecular formula is C19H22N4O2. The number of fused-ring (bicyclic) bond motifs is 3. The summed E-state index contributed by atoms with van der Waals surface area (Å²) in [4.78, 5) is 39.2. The van der Waals surface area contributed by atoms with Gasteiger partial charge in [-0.2, -0.15) is 0 Å². The average Bonchev–Trinajstić information content (AvgIpc) is 2.89. The molecule has 2 aromatic rings. The highest BCUT2D eigenvalue weighted by molar-refractivity contribution is 5.94. The first-order valence-corrected chi connectivity index (χ1v) is 8.92. The van der Waals surface area contributed by atoms with Gasteiger partial charge in [0, 0.05) is 49.3 Å². The predicted octanol–water partition coefficient (Wildman–Crippen LogP) is 1.81. The van der Waals surface area contributed by atoms with Crippen LogP contribution in [0, 0.1) is 6.92 Å². The number of hydrogen-bond donors (Lipinski definition) is 1. The van der Waals surface area contributed by atoms with Gasteiger partial charge < -0.3 is 9.88 Å². The standard InChI is InChI=1S/C19H22N4O2/c1-3-17-21-16-8-14-5-4-13(7-15(16)18(24)22-17)23(14)19(25)12-6-11(2)9-20-10-12/h6,9-10,13-14H,3-5,7-8H2,1-2H3,(H,21,22,24)/t13-,14+/m1/s1. The van der Waals surface area contributed by atoms with Crippen molar-refractivity contribution in [1.29, 1.82) is 0 Å². The maximum Gasteiger partial charge on any atom is 0.255 e. The van der Waals surface area contributed by atoms with E-state index in [1.807, 2.05) is 24.8 Å². The minimum atomic E-state index is -0.0426. The van der Waals surface area contributed by atoms with Crippen LogP contribution in [-0.4, -0.2) is 37.8 Å². The zero-order valence-corrected chi connectivity index (χ0v) is 14.6. The van der Waals surface area contributed by atoms with Crippen molar-refractivity contribution in [2.75, 3.05) is 0 Å². The summed E-state index contributed by atoms with van der Waals surface area (Å²) in [7, 11) is 0. The lowest BCUT2D eigenvalue weighted by atomic mass is 9.98. The van der Waals surface area contributed by atoms with Crippen molar-refractivity contribution < 1.29 is 4.79 Å². The molecule has 0 aromatic carbocycles. The fraction of sp³-hybridized carbons (Fsp3) is 0.474. The summed E-state index contributed by atoms with van der Waals surface area (Å²) in [5.74, 6) is 0.742. The molecule has 2 bridgehead atoms. The number of H-pyrrole nitrogens is 1. The smallest absolute Gasteiger partial charge is 0.255 e. The van der Waals surface area contributed by atoms with Crippen LogP contribution in [0.2, 0.25) is 0 Å². The third-order valence-electron chi connectivity index (χ3n) is 5.33. The van der Waals surface area contributed by atoms with E-state index < -0.39 is 0 Å². The first kappa shape index (κ1) is 16.0. The molecule has 4 rings (SSSR count). The Bertz CT molecular complexity index is 889. The highest BCUT2D eigenvalue weighted by Crippen LogP contribution is 2.33.